The maximum absolute atomic E-state index is 10.7. The molecule has 0 bridgehead atoms. The largest absolute Gasteiger partial charge is 0.469 e. The first kappa shape index (κ1) is 12.0. The second kappa shape index (κ2) is 9.10. The average Bonchev–Trinajstić information content (AvgIpc) is 2.16. The molecule has 0 rings (SSSR count). The molecule has 0 aromatic rings. The van der Waals surface area contributed by atoms with Gasteiger partial charge in [-0.3, -0.25) is 4.79 Å². The smallest absolute Gasteiger partial charge is 0.307 e. The zero-order valence-electron chi connectivity index (χ0n) is 8.51. The van der Waals surface area contributed by atoms with E-state index in [4.69, 9.17) is 0 Å². The molecule has 0 aromatic heterocycles. The van der Waals surface area contributed by atoms with Gasteiger partial charge in [0.25, 0.3) is 0 Å². The summed E-state index contributed by atoms with van der Waals surface area (Å²) in [6, 6.07) is 0. The highest BCUT2D eigenvalue weighted by atomic mass is 16.5. The van der Waals surface area contributed by atoms with Crippen molar-refractivity contribution in [2.75, 3.05) is 13.7 Å². The van der Waals surface area contributed by atoms with Crippen LogP contribution >= 0.6 is 0 Å². The Hall–Kier alpha value is -0.990. The van der Waals surface area contributed by atoms with Crippen LogP contribution < -0.4 is 5.32 Å². The first-order valence-corrected chi connectivity index (χ1v) is 4.76. The van der Waals surface area contributed by atoms with Gasteiger partial charge in [0, 0.05) is 6.54 Å². The monoisotopic (exact) mass is 185 g/mol. The van der Waals surface area contributed by atoms with Crippen LogP contribution in [0.3, 0.4) is 0 Å². The molecular weight excluding hydrogens is 166 g/mol. The SMILES string of the molecule is CCCCC=CNCCC(=O)OC. The highest BCUT2D eigenvalue weighted by Gasteiger charge is 1.95. The number of carbonyl (C=O) groups is 1. The molecule has 13 heavy (non-hydrogen) atoms. The van der Waals surface area contributed by atoms with Gasteiger partial charge in [0.1, 0.15) is 0 Å². The van der Waals surface area contributed by atoms with E-state index in [0.29, 0.717) is 13.0 Å². The Labute approximate surface area is 80.2 Å². The molecule has 1 N–H and O–H groups in total. The Balaban J connectivity index is 3.15. The summed E-state index contributed by atoms with van der Waals surface area (Å²) in [6.45, 7) is 2.81. The molecule has 0 atom stereocenters. The van der Waals surface area contributed by atoms with Crippen molar-refractivity contribution in [2.45, 2.75) is 32.6 Å². The predicted molar refractivity (Wildman–Crippen MR) is 53.3 cm³/mol. The molecule has 0 unspecified atom stereocenters. The second-order valence-electron chi connectivity index (χ2n) is 2.82. The van der Waals surface area contributed by atoms with Crippen LogP contribution in [0.25, 0.3) is 0 Å². The number of unbranched alkanes of at least 4 members (excludes halogenated alkanes) is 2. The molecule has 0 aliphatic heterocycles. The van der Waals surface area contributed by atoms with Gasteiger partial charge in [0.15, 0.2) is 0 Å². The van der Waals surface area contributed by atoms with E-state index in [-0.39, 0.29) is 5.97 Å². The van der Waals surface area contributed by atoms with Crippen molar-refractivity contribution in [2.24, 2.45) is 0 Å². The molecular formula is C10H19NO2. The van der Waals surface area contributed by atoms with Crippen molar-refractivity contribution in [3.05, 3.63) is 12.3 Å². The number of allylic oxidation sites excluding steroid dienone is 1. The third kappa shape index (κ3) is 8.92. The quantitative estimate of drug-likeness (QED) is 0.486. The number of hydrogen-bond acceptors (Lipinski definition) is 3. The van der Waals surface area contributed by atoms with Crippen molar-refractivity contribution in [1.82, 2.24) is 5.32 Å². The number of rotatable bonds is 7. The lowest BCUT2D eigenvalue weighted by molar-refractivity contribution is -0.140. The van der Waals surface area contributed by atoms with Gasteiger partial charge < -0.3 is 10.1 Å². The summed E-state index contributed by atoms with van der Waals surface area (Å²) in [5.41, 5.74) is 0. The molecule has 0 spiro atoms. The van der Waals surface area contributed by atoms with Crippen molar-refractivity contribution in [3.63, 3.8) is 0 Å². The summed E-state index contributed by atoms with van der Waals surface area (Å²) in [4.78, 5) is 10.7. The molecule has 0 saturated heterocycles. The Morgan fingerprint density at radius 1 is 1.54 bits per heavy atom. The number of hydrogen-bond donors (Lipinski definition) is 1. The third-order valence-corrected chi connectivity index (χ3v) is 1.66. The van der Waals surface area contributed by atoms with E-state index < -0.39 is 0 Å². The maximum atomic E-state index is 10.7. The topological polar surface area (TPSA) is 38.3 Å². The predicted octanol–water partition coefficient (Wildman–Crippen LogP) is 1.84. The van der Waals surface area contributed by atoms with Gasteiger partial charge in [0.2, 0.25) is 0 Å². The van der Waals surface area contributed by atoms with Gasteiger partial charge in [-0.1, -0.05) is 25.8 Å². The number of esters is 1. The first-order chi connectivity index (χ1) is 6.31. The highest BCUT2D eigenvalue weighted by molar-refractivity contribution is 5.69. The summed E-state index contributed by atoms with van der Waals surface area (Å²) in [5.74, 6) is -0.172. The summed E-state index contributed by atoms with van der Waals surface area (Å²) < 4.78 is 4.49. The summed E-state index contributed by atoms with van der Waals surface area (Å²) in [5, 5.41) is 3.03. The fraction of sp³-hybridized carbons (Fsp3) is 0.700. The molecule has 76 valence electrons. The Bertz CT molecular complexity index is 155. The molecule has 0 aliphatic rings. The lowest BCUT2D eigenvalue weighted by Gasteiger charge is -1.98. The second-order valence-corrected chi connectivity index (χ2v) is 2.82. The van der Waals surface area contributed by atoms with Gasteiger partial charge in [-0.25, -0.2) is 0 Å². The average molecular weight is 185 g/mol. The van der Waals surface area contributed by atoms with E-state index in [1.165, 1.54) is 20.0 Å². The van der Waals surface area contributed by atoms with Crippen LogP contribution in [0.15, 0.2) is 12.3 Å². The molecule has 0 saturated carbocycles. The van der Waals surface area contributed by atoms with Crippen molar-refractivity contribution in [3.8, 4) is 0 Å². The zero-order chi connectivity index (χ0) is 9.94. The number of methoxy groups -OCH3 is 1. The van der Waals surface area contributed by atoms with Gasteiger partial charge >= 0.3 is 5.97 Å². The first-order valence-electron chi connectivity index (χ1n) is 4.76. The third-order valence-electron chi connectivity index (χ3n) is 1.66. The van der Waals surface area contributed by atoms with E-state index in [2.05, 4.69) is 23.1 Å². The van der Waals surface area contributed by atoms with Crippen molar-refractivity contribution < 1.29 is 9.53 Å². The molecule has 0 radical (unpaired) electrons. The summed E-state index contributed by atoms with van der Waals surface area (Å²) in [6.07, 6.45) is 7.94. The maximum Gasteiger partial charge on any atom is 0.307 e. The highest BCUT2D eigenvalue weighted by Crippen LogP contribution is 1.93. The van der Waals surface area contributed by atoms with Gasteiger partial charge in [-0.2, -0.15) is 0 Å². The van der Waals surface area contributed by atoms with E-state index in [0.717, 1.165) is 6.42 Å². The molecule has 0 aromatic carbocycles. The fourth-order valence-corrected chi connectivity index (χ4v) is 0.848. The van der Waals surface area contributed by atoms with Gasteiger partial charge in [-0.15, -0.1) is 0 Å². The molecule has 0 heterocycles. The molecule has 0 amide bonds. The van der Waals surface area contributed by atoms with Crippen LogP contribution in [0.5, 0.6) is 0 Å². The van der Waals surface area contributed by atoms with E-state index in [1.807, 2.05) is 6.20 Å². The molecule has 3 nitrogen and oxygen atoms in total. The Kier molecular flexibility index (Phi) is 8.41. The van der Waals surface area contributed by atoms with Gasteiger partial charge in [0.05, 0.1) is 13.5 Å². The van der Waals surface area contributed by atoms with E-state index in [9.17, 15) is 4.79 Å². The normalized spacial score (nSPS) is 10.3. The van der Waals surface area contributed by atoms with Crippen LogP contribution in [0, 0.1) is 0 Å². The lowest BCUT2D eigenvalue weighted by Crippen LogP contribution is -2.12. The van der Waals surface area contributed by atoms with Crippen LogP contribution in [-0.2, 0) is 9.53 Å². The Morgan fingerprint density at radius 3 is 2.92 bits per heavy atom. The summed E-state index contributed by atoms with van der Waals surface area (Å²) >= 11 is 0. The lowest BCUT2D eigenvalue weighted by atomic mass is 10.2. The van der Waals surface area contributed by atoms with Crippen LogP contribution in [0.2, 0.25) is 0 Å². The molecule has 0 aliphatic carbocycles. The van der Waals surface area contributed by atoms with Gasteiger partial charge in [-0.05, 0) is 12.6 Å². The number of ether oxygens (including phenoxy) is 1. The fourth-order valence-electron chi connectivity index (χ4n) is 0.848. The number of nitrogens with one attached hydrogen (secondary N) is 1. The molecule has 0 fully saturated rings. The standard InChI is InChI=1S/C10H19NO2/c1-3-4-5-6-8-11-9-7-10(12)13-2/h6,8,11H,3-5,7,9H2,1-2H3. The van der Waals surface area contributed by atoms with Crippen LogP contribution in [0.4, 0.5) is 0 Å². The van der Waals surface area contributed by atoms with Crippen LogP contribution in [-0.4, -0.2) is 19.6 Å². The Morgan fingerprint density at radius 2 is 2.31 bits per heavy atom. The van der Waals surface area contributed by atoms with E-state index >= 15 is 0 Å². The van der Waals surface area contributed by atoms with E-state index in [1.54, 1.807) is 0 Å². The minimum absolute atomic E-state index is 0.172. The zero-order valence-corrected chi connectivity index (χ0v) is 8.51. The minimum Gasteiger partial charge on any atom is -0.469 e. The van der Waals surface area contributed by atoms with Crippen molar-refractivity contribution >= 4 is 5.97 Å². The van der Waals surface area contributed by atoms with Crippen molar-refractivity contribution in [1.29, 1.82) is 0 Å². The van der Waals surface area contributed by atoms with Crippen LogP contribution in [0.1, 0.15) is 32.6 Å². The minimum atomic E-state index is -0.172. The number of carbonyl (C=O) groups excluding carboxylic acids is 1. The summed E-state index contributed by atoms with van der Waals surface area (Å²) in [7, 11) is 1.40. The molecule has 3 heteroatoms.